The van der Waals surface area contributed by atoms with Gasteiger partial charge in [0.05, 0.1) is 5.69 Å². The predicted molar refractivity (Wildman–Crippen MR) is 79.5 cm³/mol. The fourth-order valence-electron chi connectivity index (χ4n) is 2.24. The van der Waals surface area contributed by atoms with Gasteiger partial charge >= 0.3 is 0 Å². The van der Waals surface area contributed by atoms with Gasteiger partial charge in [0.25, 0.3) is 5.89 Å². The average molecular weight is 292 g/mol. The number of aromatic nitrogens is 6. The summed E-state index contributed by atoms with van der Waals surface area (Å²) < 4.78 is 7.30. The van der Waals surface area contributed by atoms with Crippen LogP contribution in [0.15, 0.2) is 53.4 Å². The standard InChI is InChI=1S/C15H12N6O/c1-21-8-2-3-13(21)11-9-12(19-18-11)15-17-14(20-22-15)10-4-6-16-7-5-10/h2-9H,1H3,(H,18,19). The second-order valence-corrected chi connectivity index (χ2v) is 4.83. The third-order valence-corrected chi connectivity index (χ3v) is 3.38. The van der Waals surface area contributed by atoms with Crippen molar-refractivity contribution in [2.45, 2.75) is 0 Å². The van der Waals surface area contributed by atoms with Gasteiger partial charge < -0.3 is 9.09 Å². The lowest BCUT2D eigenvalue weighted by molar-refractivity contribution is 0.431. The number of pyridine rings is 1. The van der Waals surface area contributed by atoms with E-state index in [0.717, 1.165) is 17.0 Å². The van der Waals surface area contributed by atoms with Crippen molar-refractivity contribution >= 4 is 0 Å². The van der Waals surface area contributed by atoms with Crippen molar-refractivity contribution in [2.24, 2.45) is 7.05 Å². The normalized spacial score (nSPS) is 11.0. The molecule has 0 saturated heterocycles. The number of aromatic amines is 1. The first-order valence-electron chi connectivity index (χ1n) is 6.73. The fourth-order valence-corrected chi connectivity index (χ4v) is 2.24. The highest BCUT2D eigenvalue weighted by Crippen LogP contribution is 2.24. The van der Waals surface area contributed by atoms with Crippen LogP contribution in [-0.2, 0) is 7.05 Å². The first kappa shape index (κ1) is 12.5. The van der Waals surface area contributed by atoms with E-state index >= 15 is 0 Å². The minimum absolute atomic E-state index is 0.403. The number of aryl methyl sites for hydroxylation is 1. The molecule has 4 aromatic rings. The van der Waals surface area contributed by atoms with Crippen molar-refractivity contribution in [3.8, 4) is 34.4 Å². The van der Waals surface area contributed by atoms with Gasteiger partial charge in [-0.05, 0) is 30.3 Å². The summed E-state index contributed by atoms with van der Waals surface area (Å²) in [5.74, 6) is 0.923. The molecule has 0 aliphatic rings. The molecule has 0 atom stereocenters. The van der Waals surface area contributed by atoms with Gasteiger partial charge in [0.15, 0.2) is 0 Å². The summed E-state index contributed by atoms with van der Waals surface area (Å²) in [6.07, 6.45) is 5.35. The third kappa shape index (κ3) is 2.08. The number of H-pyrrole nitrogens is 1. The zero-order chi connectivity index (χ0) is 14.9. The Kier molecular flexibility index (Phi) is 2.82. The molecule has 108 valence electrons. The van der Waals surface area contributed by atoms with E-state index in [1.165, 1.54) is 0 Å². The van der Waals surface area contributed by atoms with Gasteiger partial charge in [-0.25, -0.2) is 0 Å². The molecule has 0 saturated carbocycles. The fraction of sp³-hybridized carbons (Fsp3) is 0.0667. The first-order valence-corrected chi connectivity index (χ1v) is 6.73. The lowest BCUT2D eigenvalue weighted by atomic mass is 10.2. The quantitative estimate of drug-likeness (QED) is 0.627. The van der Waals surface area contributed by atoms with E-state index in [2.05, 4.69) is 25.3 Å². The first-order chi connectivity index (χ1) is 10.8. The van der Waals surface area contributed by atoms with Gasteiger partial charge in [0.1, 0.15) is 11.4 Å². The minimum atomic E-state index is 0.403. The van der Waals surface area contributed by atoms with Crippen molar-refractivity contribution < 1.29 is 4.52 Å². The van der Waals surface area contributed by atoms with Crippen molar-refractivity contribution in [1.29, 1.82) is 0 Å². The molecule has 0 amide bonds. The van der Waals surface area contributed by atoms with Crippen molar-refractivity contribution in [2.75, 3.05) is 0 Å². The Morgan fingerprint density at radius 2 is 2.05 bits per heavy atom. The molecule has 0 spiro atoms. The van der Waals surface area contributed by atoms with Crippen LogP contribution in [0.2, 0.25) is 0 Å². The molecule has 4 heterocycles. The van der Waals surface area contributed by atoms with Gasteiger partial charge in [-0.2, -0.15) is 10.1 Å². The summed E-state index contributed by atoms with van der Waals surface area (Å²) in [5.41, 5.74) is 3.37. The van der Waals surface area contributed by atoms with Crippen molar-refractivity contribution in [3.63, 3.8) is 0 Å². The molecule has 7 heteroatoms. The Hall–Kier alpha value is -3.22. The molecule has 1 N–H and O–H groups in total. The van der Waals surface area contributed by atoms with Crippen LogP contribution in [0.25, 0.3) is 34.4 Å². The summed E-state index contributed by atoms with van der Waals surface area (Å²) in [6.45, 7) is 0. The summed E-state index contributed by atoms with van der Waals surface area (Å²) in [7, 11) is 1.97. The van der Waals surface area contributed by atoms with E-state index in [4.69, 9.17) is 4.52 Å². The van der Waals surface area contributed by atoms with Gasteiger partial charge in [-0.3, -0.25) is 10.1 Å². The lowest BCUT2D eigenvalue weighted by Gasteiger charge is -1.96. The van der Waals surface area contributed by atoms with Gasteiger partial charge in [-0.1, -0.05) is 5.16 Å². The molecule has 0 fully saturated rings. The molecule has 0 aromatic carbocycles. The Morgan fingerprint density at radius 1 is 1.18 bits per heavy atom. The molecule has 0 radical (unpaired) electrons. The number of nitrogens with one attached hydrogen (secondary N) is 1. The van der Waals surface area contributed by atoms with Crippen molar-refractivity contribution in [3.05, 3.63) is 48.9 Å². The maximum absolute atomic E-state index is 5.31. The highest BCUT2D eigenvalue weighted by Gasteiger charge is 2.14. The number of nitrogens with zero attached hydrogens (tertiary/aromatic N) is 5. The highest BCUT2D eigenvalue weighted by molar-refractivity contribution is 5.63. The lowest BCUT2D eigenvalue weighted by Crippen LogP contribution is -1.88. The Morgan fingerprint density at radius 3 is 2.82 bits per heavy atom. The molecule has 0 aliphatic heterocycles. The second-order valence-electron chi connectivity index (χ2n) is 4.83. The van der Waals surface area contributed by atoms with E-state index in [9.17, 15) is 0 Å². The zero-order valence-corrected chi connectivity index (χ0v) is 11.8. The summed E-state index contributed by atoms with van der Waals surface area (Å²) in [5, 5.41) is 11.2. The van der Waals surface area contributed by atoms with Crippen molar-refractivity contribution in [1.82, 2.24) is 29.9 Å². The Bertz CT molecular complexity index is 905. The minimum Gasteiger partial charge on any atom is -0.349 e. The van der Waals surface area contributed by atoms with Crippen LogP contribution >= 0.6 is 0 Å². The topological polar surface area (TPSA) is 85.4 Å². The average Bonchev–Trinajstić information content (AvgIpc) is 3.27. The zero-order valence-electron chi connectivity index (χ0n) is 11.8. The van der Waals surface area contributed by atoms with Gasteiger partial charge in [0, 0.05) is 31.2 Å². The molecule has 7 nitrogen and oxygen atoms in total. The smallest absolute Gasteiger partial charge is 0.276 e. The number of hydrogen-bond donors (Lipinski definition) is 1. The van der Waals surface area contributed by atoms with E-state index < -0.39 is 0 Å². The molecular formula is C15H12N6O. The summed E-state index contributed by atoms with van der Waals surface area (Å²) in [6, 6.07) is 9.52. The van der Waals surface area contributed by atoms with Gasteiger partial charge in [-0.15, -0.1) is 0 Å². The maximum atomic E-state index is 5.31. The largest absolute Gasteiger partial charge is 0.349 e. The van der Waals surface area contributed by atoms with Crippen LogP contribution < -0.4 is 0 Å². The van der Waals surface area contributed by atoms with Crippen LogP contribution in [0, 0.1) is 0 Å². The monoisotopic (exact) mass is 292 g/mol. The van der Waals surface area contributed by atoms with Crippen LogP contribution in [-0.4, -0.2) is 29.9 Å². The van der Waals surface area contributed by atoms with Crippen LogP contribution in [0.3, 0.4) is 0 Å². The molecule has 0 unspecified atom stereocenters. The van der Waals surface area contributed by atoms with Crippen LogP contribution in [0.1, 0.15) is 0 Å². The van der Waals surface area contributed by atoms with E-state index in [1.807, 2.05) is 48.1 Å². The number of hydrogen-bond acceptors (Lipinski definition) is 5. The maximum Gasteiger partial charge on any atom is 0.276 e. The third-order valence-electron chi connectivity index (χ3n) is 3.38. The molecule has 22 heavy (non-hydrogen) atoms. The second kappa shape index (κ2) is 4.96. The molecule has 0 bridgehead atoms. The highest BCUT2D eigenvalue weighted by atomic mass is 16.5. The Balaban J connectivity index is 1.68. The van der Waals surface area contributed by atoms with E-state index in [1.54, 1.807) is 12.4 Å². The van der Waals surface area contributed by atoms with Crippen LogP contribution in [0.5, 0.6) is 0 Å². The predicted octanol–water partition coefficient (Wildman–Crippen LogP) is 2.53. The molecule has 0 aliphatic carbocycles. The summed E-state index contributed by atoms with van der Waals surface area (Å²) >= 11 is 0. The molecular weight excluding hydrogens is 280 g/mol. The SMILES string of the molecule is Cn1cccc1-c1cc(-c2nc(-c3ccncc3)no2)[nH]n1. The van der Waals surface area contributed by atoms with E-state index in [-0.39, 0.29) is 0 Å². The van der Waals surface area contributed by atoms with E-state index in [0.29, 0.717) is 17.4 Å². The summed E-state index contributed by atoms with van der Waals surface area (Å²) in [4.78, 5) is 8.36. The van der Waals surface area contributed by atoms with Gasteiger partial charge in [0.2, 0.25) is 5.82 Å². The number of rotatable bonds is 3. The Labute approximate surface area is 125 Å². The molecule has 4 aromatic heterocycles. The molecule has 4 rings (SSSR count). The van der Waals surface area contributed by atoms with Crippen LogP contribution in [0.4, 0.5) is 0 Å².